The Balaban J connectivity index is 0. The minimum absolute atomic E-state index is 0.944. The van der Waals surface area contributed by atoms with Crippen molar-refractivity contribution in [3.05, 3.63) is 0 Å². The Hall–Kier alpha value is -0.970. The van der Waals surface area contributed by atoms with Gasteiger partial charge in [0, 0.05) is 0 Å². The second-order valence-electron chi connectivity index (χ2n) is 2.85. The molecule has 14 heavy (non-hydrogen) atoms. The van der Waals surface area contributed by atoms with Gasteiger partial charge in [0.2, 0.25) is 0 Å². The van der Waals surface area contributed by atoms with E-state index in [0.29, 0.717) is 0 Å². The van der Waals surface area contributed by atoms with Gasteiger partial charge in [-0.25, -0.2) is 5.53 Å². The number of hydrogen-bond donors (Lipinski definition) is 3. The maximum atomic E-state index is 6.00. The molecule has 0 rings (SSSR count). The third kappa shape index (κ3) is 22.5. The minimum atomic E-state index is 0.944. The number of hydrazone groups is 1. The summed E-state index contributed by atoms with van der Waals surface area (Å²) in [6, 6.07) is 0. The lowest BCUT2D eigenvalue weighted by molar-refractivity contribution is 0.611. The zero-order valence-electron chi connectivity index (χ0n) is 9.29. The molecular formula is C9H23N5. The van der Waals surface area contributed by atoms with Crippen LogP contribution < -0.4 is 11.2 Å². The van der Waals surface area contributed by atoms with Crippen LogP contribution in [0.1, 0.15) is 39.5 Å². The number of nitrogens with two attached hydrogens (primary N) is 1. The molecular weight excluding hydrogens is 178 g/mol. The summed E-state index contributed by atoms with van der Waals surface area (Å²) >= 11 is 0. The van der Waals surface area contributed by atoms with Crippen molar-refractivity contribution in [3.63, 3.8) is 0 Å². The molecule has 0 aliphatic carbocycles. The molecule has 0 aromatic heterocycles. The standard InChI is InChI=1S/C8H19N.CH4N4/c1-3-5-7-9-8-6-4-2;2-4-1-5-3/h9H,3-8H2,1-2H3;1-2H,3H2. The van der Waals surface area contributed by atoms with Gasteiger partial charge in [-0.2, -0.15) is 5.10 Å². The van der Waals surface area contributed by atoms with Crippen LogP contribution in [0.25, 0.3) is 0 Å². The lowest BCUT2D eigenvalue weighted by atomic mass is 10.3. The van der Waals surface area contributed by atoms with Crippen molar-refractivity contribution in [2.24, 2.45) is 16.1 Å². The molecule has 0 spiro atoms. The van der Waals surface area contributed by atoms with E-state index in [1.54, 1.807) is 0 Å². The first-order valence-corrected chi connectivity index (χ1v) is 5.12. The number of rotatable bonds is 7. The smallest absolute Gasteiger partial charge is 0.156 e. The highest BCUT2D eigenvalue weighted by Crippen LogP contribution is 1.85. The quantitative estimate of drug-likeness (QED) is 0.147. The van der Waals surface area contributed by atoms with Gasteiger partial charge in [0.05, 0.1) is 0 Å². The molecule has 4 N–H and O–H groups in total. The monoisotopic (exact) mass is 201 g/mol. The second kappa shape index (κ2) is 17.9. The first-order valence-electron chi connectivity index (χ1n) is 5.12. The maximum absolute atomic E-state index is 6.00. The lowest BCUT2D eigenvalue weighted by Crippen LogP contribution is -2.15. The maximum Gasteiger partial charge on any atom is 0.156 e. The van der Waals surface area contributed by atoms with Gasteiger partial charge in [0.1, 0.15) is 0 Å². The minimum Gasteiger partial charge on any atom is -0.322 e. The number of nitrogens with one attached hydrogen (secondary N) is 2. The first-order chi connectivity index (χ1) is 6.83. The SMILES string of the molecule is CCCCNCCCC.N=NC=NN. The van der Waals surface area contributed by atoms with Gasteiger partial charge in [-0.1, -0.05) is 26.7 Å². The molecule has 0 aromatic rings. The molecule has 0 bridgehead atoms. The number of hydrogen-bond acceptors (Lipinski definition) is 4. The van der Waals surface area contributed by atoms with Crippen LogP contribution in [0.3, 0.4) is 0 Å². The fourth-order valence-corrected chi connectivity index (χ4v) is 0.762. The molecule has 84 valence electrons. The van der Waals surface area contributed by atoms with E-state index in [1.165, 1.54) is 38.8 Å². The van der Waals surface area contributed by atoms with Crippen LogP contribution in [0.5, 0.6) is 0 Å². The van der Waals surface area contributed by atoms with Crippen molar-refractivity contribution in [3.8, 4) is 0 Å². The molecule has 0 radical (unpaired) electrons. The lowest BCUT2D eigenvalue weighted by Gasteiger charge is -1.99. The van der Waals surface area contributed by atoms with E-state index < -0.39 is 0 Å². The van der Waals surface area contributed by atoms with E-state index in [4.69, 9.17) is 5.53 Å². The molecule has 0 amide bonds. The molecule has 0 saturated carbocycles. The van der Waals surface area contributed by atoms with E-state index in [-0.39, 0.29) is 0 Å². The fourth-order valence-electron chi connectivity index (χ4n) is 0.762. The molecule has 0 aromatic carbocycles. The highest BCUT2D eigenvalue weighted by Gasteiger charge is 1.83. The molecule has 0 unspecified atom stereocenters. The molecule has 0 fully saturated rings. The molecule has 0 atom stereocenters. The van der Waals surface area contributed by atoms with Gasteiger partial charge < -0.3 is 11.2 Å². The van der Waals surface area contributed by atoms with Crippen LogP contribution in [0.2, 0.25) is 0 Å². The van der Waals surface area contributed by atoms with Crippen LogP contribution >= 0.6 is 0 Å². The van der Waals surface area contributed by atoms with Crippen LogP contribution in [-0.4, -0.2) is 19.4 Å². The van der Waals surface area contributed by atoms with Gasteiger partial charge in [-0.15, -0.1) is 5.11 Å². The van der Waals surface area contributed by atoms with Crippen LogP contribution in [0, 0.1) is 5.53 Å². The van der Waals surface area contributed by atoms with Gasteiger partial charge in [-0.3, -0.25) is 0 Å². The fraction of sp³-hybridized carbons (Fsp3) is 0.889. The average molecular weight is 201 g/mol. The van der Waals surface area contributed by atoms with E-state index in [0.717, 1.165) is 6.34 Å². The summed E-state index contributed by atoms with van der Waals surface area (Å²) in [5, 5.41) is 8.95. The summed E-state index contributed by atoms with van der Waals surface area (Å²) in [4.78, 5) is 0. The van der Waals surface area contributed by atoms with Gasteiger partial charge in [0.15, 0.2) is 6.34 Å². The number of nitrogens with zero attached hydrogens (tertiary/aromatic N) is 2. The van der Waals surface area contributed by atoms with Crippen molar-refractivity contribution >= 4 is 6.34 Å². The average Bonchev–Trinajstić information content (AvgIpc) is 2.20. The van der Waals surface area contributed by atoms with Crippen molar-refractivity contribution in [1.29, 1.82) is 5.53 Å². The molecule has 0 heterocycles. The van der Waals surface area contributed by atoms with E-state index in [9.17, 15) is 0 Å². The molecule has 5 nitrogen and oxygen atoms in total. The molecule has 0 aliphatic rings. The van der Waals surface area contributed by atoms with Crippen LogP contribution in [0.4, 0.5) is 0 Å². The number of unbranched alkanes of at least 4 members (excludes halogenated alkanes) is 2. The van der Waals surface area contributed by atoms with Gasteiger partial charge >= 0.3 is 0 Å². The van der Waals surface area contributed by atoms with Crippen LogP contribution in [-0.2, 0) is 0 Å². The van der Waals surface area contributed by atoms with Crippen molar-refractivity contribution in [1.82, 2.24) is 5.32 Å². The summed E-state index contributed by atoms with van der Waals surface area (Å²) in [7, 11) is 0. The Morgan fingerprint density at radius 3 is 1.93 bits per heavy atom. The van der Waals surface area contributed by atoms with Gasteiger partial charge in [0.25, 0.3) is 0 Å². The predicted molar refractivity (Wildman–Crippen MR) is 60.5 cm³/mol. The Morgan fingerprint density at radius 2 is 1.71 bits per heavy atom. The highest BCUT2D eigenvalue weighted by atomic mass is 15.2. The first kappa shape index (κ1) is 15.5. The summed E-state index contributed by atoms with van der Waals surface area (Å²) in [6.45, 7) is 6.86. The third-order valence-corrected chi connectivity index (χ3v) is 1.54. The van der Waals surface area contributed by atoms with E-state index in [2.05, 4.69) is 35.2 Å². The molecule has 0 saturated heterocycles. The summed E-state index contributed by atoms with van der Waals surface area (Å²) in [6.07, 6.45) is 6.20. The topological polar surface area (TPSA) is 86.6 Å². The van der Waals surface area contributed by atoms with E-state index in [1.807, 2.05) is 0 Å². The summed E-state index contributed by atoms with van der Waals surface area (Å²) in [5.41, 5.74) is 6.00. The Labute approximate surface area is 86.7 Å². The Morgan fingerprint density at radius 1 is 1.21 bits per heavy atom. The Bertz CT molecular complexity index is 118. The second-order valence-corrected chi connectivity index (χ2v) is 2.85. The zero-order chi connectivity index (χ0) is 11.1. The van der Waals surface area contributed by atoms with Gasteiger partial charge in [-0.05, 0) is 25.9 Å². The normalized spacial score (nSPS) is 9.57. The molecule has 0 aliphatic heterocycles. The highest BCUT2D eigenvalue weighted by molar-refractivity contribution is 5.52. The largest absolute Gasteiger partial charge is 0.322 e. The summed E-state index contributed by atoms with van der Waals surface area (Å²) < 4.78 is 0. The van der Waals surface area contributed by atoms with Crippen LogP contribution in [0.15, 0.2) is 10.2 Å². The van der Waals surface area contributed by atoms with Crippen molar-refractivity contribution < 1.29 is 0 Å². The van der Waals surface area contributed by atoms with Crippen molar-refractivity contribution in [2.75, 3.05) is 13.1 Å². The van der Waals surface area contributed by atoms with Crippen molar-refractivity contribution in [2.45, 2.75) is 39.5 Å². The Kier molecular flexibility index (Phi) is 19.9. The molecule has 5 heteroatoms. The zero-order valence-corrected chi connectivity index (χ0v) is 9.29. The van der Waals surface area contributed by atoms with E-state index >= 15 is 0 Å². The predicted octanol–water partition coefficient (Wildman–Crippen LogP) is 2.10. The third-order valence-electron chi connectivity index (χ3n) is 1.54. The summed E-state index contributed by atoms with van der Waals surface area (Å²) in [5.74, 6) is 4.49.